The van der Waals surface area contributed by atoms with Gasteiger partial charge in [0.1, 0.15) is 0 Å². The van der Waals surface area contributed by atoms with E-state index >= 15 is 0 Å². The van der Waals surface area contributed by atoms with Crippen molar-refractivity contribution in [2.45, 2.75) is 18.9 Å². The summed E-state index contributed by atoms with van der Waals surface area (Å²) in [5.74, 6) is -0.702. The Morgan fingerprint density at radius 2 is 1.92 bits per heavy atom. The average Bonchev–Trinajstić information content (AvgIpc) is 2.96. The van der Waals surface area contributed by atoms with Crippen molar-refractivity contribution < 1.29 is 9.90 Å². The molecule has 0 amide bonds. The zero-order chi connectivity index (χ0) is 16.9. The second kappa shape index (κ2) is 7.18. The molecule has 0 aliphatic heterocycles. The minimum atomic E-state index is -1.09. The highest BCUT2D eigenvalue weighted by Gasteiger charge is 2.17. The Hall–Kier alpha value is -2.80. The molecule has 0 radical (unpaired) electrons. The standard InChI is InChI=1S/C17H16N4O2S/c22-15(23)10-14(12-4-2-1-3-5-12)11-21-16(19-20-17(21)24)13-6-8-18-9-7-13/h1-9,14H,10-11H2,(H,20,24)(H,22,23)/p-1/t14-/m1/s1. The second-order valence-electron chi connectivity index (χ2n) is 5.38. The van der Waals surface area contributed by atoms with E-state index in [2.05, 4.69) is 15.2 Å². The third kappa shape index (κ3) is 3.57. The monoisotopic (exact) mass is 339 g/mol. The maximum Gasteiger partial charge on any atom is 0.195 e. The van der Waals surface area contributed by atoms with Crippen molar-refractivity contribution in [1.82, 2.24) is 19.7 Å². The average molecular weight is 339 g/mol. The fraction of sp³-hybridized carbons (Fsp3) is 0.176. The number of aromatic nitrogens is 4. The number of carboxylic acid groups (broad SMARTS) is 1. The molecule has 122 valence electrons. The van der Waals surface area contributed by atoms with Gasteiger partial charge in [0.2, 0.25) is 0 Å². The molecule has 0 fully saturated rings. The zero-order valence-electron chi connectivity index (χ0n) is 12.8. The van der Waals surface area contributed by atoms with Gasteiger partial charge in [-0.1, -0.05) is 30.3 Å². The highest BCUT2D eigenvalue weighted by atomic mass is 32.1. The van der Waals surface area contributed by atoms with Crippen LogP contribution in [0.5, 0.6) is 0 Å². The number of carbonyl (C=O) groups excluding carboxylic acids is 1. The van der Waals surface area contributed by atoms with Crippen LogP contribution in [0, 0.1) is 4.77 Å². The van der Waals surface area contributed by atoms with Gasteiger partial charge in [0.05, 0.1) is 0 Å². The molecule has 0 aliphatic carbocycles. The predicted octanol–water partition coefficient (Wildman–Crippen LogP) is 1.93. The number of rotatable bonds is 6. The molecule has 24 heavy (non-hydrogen) atoms. The van der Waals surface area contributed by atoms with Gasteiger partial charge in [0.15, 0.2) is 10.6 Å². The van der Waals surface area contributed by atoms with E-state index in [-0.39, 0.29) is 12.3 Å². The van der Waals surface area contributed by atoms with E-state index in [0.717, 1.165) is 11.1 Å². The molecule has 0 unspecified atom stereocenters. The van der Waals surface area contributed by atoms with Gasteiger partial charge in [-0.05, 0) is 36.3 Å². The van der Waals surface area contributed by atoms with E-state index < -0.39 is 5.97 Å². The Bertz CT molecular complexity index is 874. The summed E-state index contributed by atoms with van der Waals surface area (Å²) in [6.45, 7) is 0.394. The topological polar surface area (TPSA) is 86.6 Å². The summed E-state index contributed by atoms with van der Waals surface area (Å²) in [4.78, 5) is 15.2. The van der Waals surface area contributed by atoms with Crippen LogP contribution in [0.15, 0.2) is 54.9 Å². The summed E-state index contributed by atoms with van der Waals surface area (Å²) in [7, 11) is 0. The van der Waals surface area contributed by atoms with Crippen molar-refractivity contribution in [3.05, 3.63) is 65.2 Å². The van der Waals surface area contributed by atoms with Crippen molar-refractivity contribution in [3.63, 3.8) is 0 Å². The van der Waals surface area contributed by atoms with Crippen molar-refractivity contribution >= 4 is 18.2 Å². The molecular weight excluding hydrogens is 324 g/mol. The third-order valence-corrected chi connectivity index (χ3v) is 4.10. The molecule has 2 aromatic heterocycles. The lowest BCUT2D eigenvalue weighted by Crippen LogP contribution is -2.26. The summed E-state index contributed by atoms with van der Waals surface area (Å²) < 4.78 is 2.26. The highest BCUT2D eigenvalue weighted by Crippen LogP contribution is 2.25. The molecule has 3 rings (SSSR count). The Labute approximate surface area is 143 Å². The zero-order valence-corrected chi connectivity index (χ0v) is 13.6. The number of carboxylic acids is 1. The van der Waals surface area contributed by atoms with Gasteiger partial charge in [-0.3, -0.25) is 14.6 Å². The third-order valence-electron chi connectivity index (χ3n) is 3.78. The largest absolute Gasteiger partial charge is 0.550 e. The molecular formula is C17H15N4O2S-. The predicted molar refractivity (Wildman–Crippen MR) is 89.4 cm³/mol. The Morgan fingerprint density at radius 3 is 2.58 bits per heavy atom. The first-order chi connectivity index (χ1) is 11.6. The van der Waals surface area contributed by atoms with Crippen LogP contribution in [0.4, 0.5) is 0 Å². The number of aromatic amines is 1. The summed E-state index contributed by atoms with van der Waals surface area (Å²) in [6.07, 6.45) is 3.26. The van der Waals surface area contributed by atoms with Crippen LogP contribution in [0.3, 0.4) is 0 Å². The van der Waals surface area contributed by atoms with Gasteiger partial charge in [0.25, 0.3) is 0 Å². The van der Waals surface area contributed by atoms with Crippen molar-refractivity contribution in [2.75, 3.05) is 0 Å². The Balaban J connectivity index is 1.98. The van der Waals surface area contributed by atoms with E-state index in [0.29, 0.717) is 17.1 Å². The van der Waals surface area contributed by atoms with Gasteiger partial charge < -0.3 is 9.90 Å². The molecule has 6 nitrogen and oxygen atoms in total. The first-order valence-electron chi connectivity index (χ1n) is 7.45. The van der Waals surface area contributed by atoms with E-state index in [1.807, 2.05) is 47.0 Å². The molecule has 0 aliphatic rings. The molecule has 7 heteroatoms. The summed E-state index contributed by atoms with van der Waals surface area (Å²) in [5, 5.41) is 18.2. The van der Waals surface area contributed by atoms with Crippen LogP contribution in [-0.4, -0.2) is 25.7 Å². The molecule has 1 aromatic carbocycles. The lowest BCUT2D eigenvalue weighted by atomic mass is 9.95. The van der Waals surface area contributed by atoms with Gasteiger partial charge in [-0.2, -0.15) is 5.10 Å². The SMILES string of the molecule is O=C([O-])C[C@H](Cn1c(-c2ccncc2)n[nH]c1=S)c1ccccc1. The summed E-state index contributed by atoms with van der Waals surface area (Å²) in [5.41, 5.74) is 1.78. The summed E-state index contributed by atoms with van der Waals surface area (Å²) in [6, 6.07) is 13.1. The van der Waals surface area contributed by atoms with E-state index in [4.69, 9.17) is 12.2 Å². The maximum atomic E-state index is 11.2. The molecule has 0 spiro atoms. The van der Waals surface area contributed by atoms with Crippen LogP contribution >= 0.6 is 12.2 Å². The Morgan fingerprint density at radius 1 is 1.21 bits per heavy atom. The minimum Gasteiger partial charge on any atom is -0.550 e. The van der Waals surface area contributed by atoms with Crippen LogP contribution in [0.25, 0.3) is 11.4 Å². The number of nitrogens with one attached hydrogen (secondary N) is 1. The van der Waals surface area contributed by atoms with Crippen molar-refractivity contribution in [3.8, 4) is 11.4 Å². The number of pyridine rings is 1. The van der Waals surface area contributed by atoms with Crippen LogP contribution in [0.1, 0.15) is 17.9 Å². The number of nitrogens with zero attached hydrogens (tertiary/aromatic N) is 3. The second-order valence-corrected chi connectivity index (χ2v) is 5.77. The molecule has 0 saturated carbocycles. The molecule has 1 atom stereocenters. The number of aliphatic carboxylic acids is 1. The number of H-pyrrole nitrogens is 1. The van der Waals surface area contributed by atoms with Gasteiger partial charge >= 0.3 is 0 Å². The van der Waals surface area contributed by atoms with Crippen LogP contribution in [0.2, 0.25) is 0 Å². The van der Waals surface area contributed by atoms with Gasteiger partial charge in [-0.25, -0.2) is 0 Å². The van der Waals surface area contributed by atoms with Gasteiger partial charge in [-0.15, -0.1) is 0 Å². The number of hydrogen-bond donors (Lipinski definition) is 1. The fourth-order valence-electron chi connectivity index (χ4n) is 2.64. The lowest BCUT2D eigenvalue weighted by molar-refractivity contribution is -0.306. The van der Waals surface area contributed by atoms with E-state index in [9.17, 15) is 9.90 Å². The first kappa shape index (κ1) is 16.1. The van der Waals surface area contributed by atoms with Crippen molar-refractivity contribution in [2.24, 2.45) is 0 Å². The number of benzene rings is 1. The van der Waals surface area contributed by atoms with Crippen molar-refractivity contribution in [1.29, 1.82) is 0 Å². The minimum absolute atomic E-state index is 0.0905. The van der Waals surface area contributed by atoms with E-state index in [1.54, 1.807) is 12.4 Å². The van der Waals surface area contributed by atoms with Crippen LogP contribution in [-0.2, 0) is 11.3 Å². The summed E-state index contributed by atoms with van der Waals surface area (Å²) >= 11 is 5.32. The molecule has 2 heterocycles. The van der Waals surface area contributed by atoms with Gasteiger partial charge in [0, 0.05) is 36.4 Å². The molecule has 1 N–H and O–H groups in total. The molecule has 0 bridgehead atoms. The number of hydrogen-bond acceptors (Lipinski definition) is 5. The lowest BCUT2D eigenvalue weighted by Gasteiger charge is -2.19. The maximum absolute atomic E-state index is 11.2. The number of carbonyl (C=O) groups is 1. The normalized spacial score (nSPS) is 12.0. The fourth-order valence-corrected chi connectivity index (χ4v) is 2.85. The van der Waals surface area contributed by atoms with E-state index in [1.165, 1.54) is 0 Å². The highest BCUT2D eigenvalue weighted by molar-refractivity contribution is 7.71. The molecule has 3 aromatic rings. The molecule has 0 saturated heterocycles. The van der Waals surface area contributed by atoms with Crippen LogP contribution < -0.4 is 5.11 Å². The first-order valence-corrected chi connectivity index (χ1v) is 7.86. The smallest absolute Gasteiger partial charge is 0.195 e. The quantitative estimate of drug-likeness (QED) is 0.694. The Kier molecular flexibility index (Phi) is 4.81.